The second-order valence-corrected chi connectivity index (χ2v) is 6.66. The topological polar surface area (TPSA) is 26.0 Å². The molecule has 2 rings (SSSR count). The van der Waals surface area contributed by atoms with E-state index in [1.54, 1.807) is 0 Å². The molecule has 0 aromatic carbocycles. The summed E-state index contributed by atoms with van der Waals surface area (Å²) in [6.07, 6.45) is 7.12. The summed E-state index contributed by atoms with van der Waals surface area (Å²) in [5, 5.41) is 3.03. The van der Waals surface area contributed by atoms with E-state index in [1.807, 2.05) is 11.3 Å². The first-order valence-corrected chi connectivity index (χ1v) is 8.19. The molecule has 0 aliphatic heterocycles. The number of hydrogen-bond donors (Lipinski definition) is 1. The van der Waals surface area contributed by atoms with Gasteiger partial charge in [0.1, 0.15) is 0 Å². The smallest absolute Gasteiger partial charge is 0.0555 e. The minimum absolute atomic E-state index is 0.446. The van der Waals surface area contributed by atoms with Gasteiger partial charge in [0.15, 0.2) is 0 Å². The molecule has 1 fully saturated rings. The lowest BCUT2D eigenvalue weighted by Crippen LogP contribution is -2.07. The van der Waals surface area contributed by atoms with E-state index in [4.69, 9.17) is 5.73 Å². The SMILES string of the molecule is NCC#Cc1csc(CSC2CCCCC2)c1. The Morgan fingerprint density at radius 2 is 2.18 bits per heavy atom. The van der Waals surface area contributed by atoms with Crippen molar-refractivity contribution in [3.8, 4) is 11.8 Å². The van der Waals surface area contributed by atoms with Crippen LogP contribution in [-0.4, -0.2) is 11.8 Å². The van der Waals surface area contributed by atoms with E-state index < -0.39 is 0 Å². The molecule has 0 amide bonds. The predicted molar refractivity (Wildman–Crippen MR) is 78.4 cm³/mol. The second-order valence-electron chi connectivity index (χ2n) is 4.38. The number of hydrogen-bond acceptors (Lipinski definition) is 3. The highest BCUT2D eigenvalue weighted by atomic mass is 32.2. The maximum absolute atomic E-state index is 5.37. The van der Waals surface area contributed by atoms with E-state index in [1.165, 1.54) is 37.0 Å². The molecule has 0 saturated heterocycles. The summed E-state index contributed by atoms with van der Waals surface area (Å²) < 4.78 is 0. The lowest BCUT2D eigenvalue weighted by atomic mass is 10.0. The van der Waals surface area contributed by atoms with Gasteiger partial charge < -0.3 is 5.73 Å². The van der Waals surface area contributed by atoms with Crippen LogP contribution < -0.4 is 5.73 Å². The van der Waals surface area contributed by atoms with Crippen LogP contribution in [0.3, 0.4) is 0 Å². The maximum atomic E-state index is 5.37. The first-order chi connectivity index (χ1) is 8.38. The van der Waals surface area contributed by atoms with Crippen molar-refractivity contribution in [2.45, 2.75) is 43.1 Å². The van der Waals surface area contributed by atoms with Crippen LogP contribution >= 0.6 is 23.1 Å². The summed E-state index contributed by atoms with van der Waals surface area (Å²) in [5.41, 5.74) is 6.49. The fourth-order valence-electron chi connectivity index (χ4n) is 2.11. The summed E-state index contributed by atoms with van der Waals surface area (Å²) in [6.45, 7) is 0.446. The molecule has 0 unspecified atom stereocenters. The monoisotopic (exact) mass is 265 g/mol. The molecule has 1 aromatic heterocycles. The van der Waals surface area contributed by atoms with Crippen molar-refractivity contribution in [2.75, 3.05) is 6.54 Å². The number of thioether (sulfide) groups is 1. The zero-order valence-electron chi connectivity index (χ0n) is 10.1. The van der Waals surface area contributed by atoms with Crippen LogP contribution in [0.5, 0.6) is 0 Å². The van der Waals surface area contributed by atoms with E-state index in [2.05, 4.69) is 35.0 Å². The first kappa shape index (κ1) is 13.0. The molecule has 2 N–H and O–H groups in total. The van der Waals surface area contributed by atoms with Gasteiger partial charge in [-0.3, -0.25) is 0 Å². The molecule has 1 nitrogen and oxygen atoms in total. The van der Waals surface area contributed by atoms with Crippen LogP contribution in [-0.2, 0) is 5.75 Å². The predicted octanol–water partition coefficient (Wildman–Crippen LogP) is 3.62. The van der Waals surface area contributed by atoms with Crippen molar-refractivity contribution in [3.63, 3.8) is 0 Å². The quantitative estimate of drug-likeness (QED) is 0.845. The van der Waals surface area contributed by atoms with Crippen LogP contribution in [0.15, 0.2) is 11.4 Å². The van der Waals surface area contributed by atoms with Gasteiger partial charge in [0.25, 0.3) is 0 Å². The third-order valence-corrected chi connectivity index (χ3v) is 5.54. The Balaban J connectivity index is 1.80. The third-order valence-electron chi connectivity index (χ3n) is 3.00. The highest BCUT2D eigenvalue weighted by Gasteiger charge is 2.13. The number of rotatable bonds is 3. The van der Waals surface area contributed by atoms with Crippen LogP contribution in [0.4, 0.5) is 0 Å². The van der Waals surface area contributed by atoms with Gasteiger partial charge >= 0.3 is 0 Å². The third kappa shape index (κ3) is 4.39. The maximum Gasteiger partial charge on any atom is 0.0555 e. The van der Waals surface area contributed by atoms with Crippen molar-refractivity contribution in [1.29, 1.82) is 0 Å². The Kier molecular flexibility index (Phi) is 5.44. The molecule has 1 heterocycles. The summed E-state index contributed by atoms with van der Waals surface area (Å²) >= 11 is 3.95. The molecule has 0 bridgehead atoms. The highest BCUT2D eigenvalue weighted by Crippen LogP contribution is 2.31. The molecular weight excluding hydrogens is 246 g/mol. The molecule has 1 aliphatic carbocycles. The lowest BCUT2D eigenvalue weighted by molar-refractivity contribution is 0.516. The van der Waals surface area contributed by atoms with Crippen molar-refractivity contribution in [3.05, 3.63) is 21.9 Å². The fourth-order valence-corrected chi connectivity index (χ4v) is 4.33. The van der Waals surface area contributed by atoms with Crippen molar-refractivity contribution in [2.24, 2.45) is 5.73 Å². The van der Waals surface area contributed by atoms with E-state index in [9.17, 15) is 0 Å². The van der Waals surface area contributed by atoms with Crippen LogP contribution in [0.1, 0.15) is 42.5 Å². The van der Waals surface area contributed by atoms with Crippen molar-refractivity contribution in [1.82, 2.24) is 0 Å². The van der Waals surface area contributed by atoms with Gasteiger partial charge in [0.2, 0.25) is 0 Å². The molecular formula is C14H19NS2. The van der Waals surface area contributed by atoms with Gasteiger partial charge in [-0.05, 0) is 18.9 Å². The molecule has 1 aliphatic rings. The van der Waals surface area contributed by atoms with Gasteiger partial charge in [-0.2, -0.15) is 11.8 Å². The average Bonchev–Trinajstić information content (AvgIpc) is 2.83. The normalized spacial score (nSPS) is 16.5. The number of thiophene rings is 1. The standard InChI is InChI=1S/C14H19NS2/c15-8-4-5-12-9-14(16-10-12)11-17-13-6-2-1-3-7-13/h9-10,13H,1-3,6-8,11,15H2. The Hall–Kier alpha value is -0.430. The fraction of sp³-hybridized carbons (Fsp3) is 0.571. The summed E-state index contributed by atoms with van der Waals surface area (Å²) in [7, 11) is 0. The largest absolute Gasteiger partial charge is 0.320 e. The van der Waals surface area contributed by atoms with Crippen LogP contribution in [0, 0.1) is 11.8 Å². The Morgan fingerprint density at radius 3 is 2.94 bits per heavy atom. The van der Waals surface area contributed by atoms with Crippen molar-refractivity contribution < 1.29 is 0 Å². The summed E-state index contributed by atoms with van der Waals surface area (Å²) in [4.78, 5) is 1.45. The summed E-state index contributed by atoms with van der Waals surface area (Å²) in [5.74, 6) is 7.14. The van der Waals surface area contributed by atoms with Gasteiger partial charge in [0, 0.05) is 26.8 Å². The Morgan fingerprint density at radius 1 is 1.35 bits per heavy atom. The molecule has 17 heavy (non-hydrogen) atoms. The molecule has 3 heteroatoms. The summed E-state index contributed by atoms with van der Waals surface area (Å²) in [6, 6.07) is 2.21. The lowest BCUT2D eigenvalue weighted by Gasteiger charge is -2.20. The first-order valence-electron chi connectivity index (χ1n) is 6.26. The van der Waals surface area contributed by atoms with Crippen LogP contribution in [0.25, 0.3) is 0 Å². The molecule has 0 radical (unpaired) electrons. The Bertz CT molecular complexity index is 394. The minimum atomic E-state index is 0.446. The average molecular weight is 265 g/mol. The molecule has 1 saturated carbocycles. The van der Waals surface area contributed by atoms with E-state index in [0.29, 0.717) is 6.54 Å². The molecule has 92 valence electrons. The van der Waals surface area contributed by atoms with E-state index in [0.717, 1.165) is 16.6 Å². The Labute approximate surface area is 112 Å². The van der Waals surface area contributed by atoms with Crippen molar-refractivity contribution >= 4 is 23.1 Å². The van der Waals surface area contributed by atoms with Gasteiger partial charge in [0.05, 0.1) is 6.54 Å². The van der Waals surface area contributed by atoms with Crippen LogP contribution in [0.2, 0.25) is 0 Å². The molecule has 1 aromatic rings. The van der Waals surface area contributed by atoms with Gasteiger partial charge in [-0.1, -0.05) is 31.1 Å². The zero-order valence-corrected chi connectivity index (χ0v) is 11.7. The second kappa shape index (κ2) is 7.10. The number of nitrogens with two attached hydrogens (primary N) is 1. The minimum Gasteiger partial charge on any atom is -0.320 e. The molecule has 0 spiro atoms. The van der Waals surface area contributed by atoms with E-state index >= 15 is 0 Å². The highest BCUT2D eigenvalue weighted by molar-refractivity contribution is 7.99. The zero-order chi connectivity index (χ0) is 11.9. The molecule has 0 atom stereocenters. The van der Waals surface area contributed by atoms with E-state index in [-0.39, 0.29) is 0 Å². The van der Waals surface area contributed by atoms with Gasteiger partial charge in [-0.25, -0.2) is 0 Å². The van der Waals surface area contributed by atoms with Gasteiger partial charge in [-0.15, -0.1) is 11.3 Å².